The number of rotatable bonds is 3. The number of carbonyl (C=O) groups excluding carboxylic acids is 2. The number of ether oxygens (including phenoxy) is 1. The molecule has 5 nitrogen and oxygen atoms in total. The van der Waals surface area contributed by atoms with Crippen molar-refractivity contribution in [2.24, 2.45) is 5.92 Å². The van der Waals surface area contributed by atoms with Crippen LogP contribution in [0.1, 0.15) is 44.5 Å². The summed E-state index contributed by atoms with van der Waals surface area (Å²) in [6.45, 7) is 4.59. The van der Waals surface area contributed by atoms with Crippen LogP contribution in [-0.4, -0.2) is 43.0 Å². The second kappa shape index (κ2) is 7.82. The molecule has 27 heavy (non-hydrogen) atoms. The molecule has 1 N–H and O–H groups in total. The fraction of sp³-hybridized carbons (Fsp3) is 0.429. The number of nitrogens with one attached hydrogen (secondary N) is 1. The predicted octanol–water partition coefficient (Wildman–Crippen LogP) is 3.60. The molecule has 6 heteroatoms. The Kier molecular flexibility index (Phi) is 5.27. The van der Waals surface area contributed by atoms with E-state index in [1.807, 2.05) is 23.1 Å². The quantitative estimate of drug-likeness (QED) is 0.880. The second-order valence-electron chi connectivity index (χ2n) is 7.28. The molecular formula is C21H24N2O3S. The van der Waals surface area contributed by atoms with Gasteiger partial charge in [-0.15, -0.1) is 11.3 Å². The third-order valence-corrected chi connectivity index (χ3v) is 6.46. The molecule has 142 valence electrons. The summed E-state index contributed by atoms with van der Waals surface area (Å²) in [5, 5.41) is 3.71. The number of hydrogen-bond donors (Lipinski definition) is 1. The lowest BCUT2D eigenvalue weighted by Crippen LogP contribution is -2.41. The van der Waals surface area contributed by atoms with Crippen molar-refractivity contribution in [3.63, 3.8) is 0 Å². The largest absolute Gasteiger partial charge is 0.378 e. The fourth-order valence-corrected chi connectivity index (χ4v) is 5.15. The van der Waals surface area contributed by atoms with Gasteiger partial charge in [0, 0.05) is 23.5 Å². The molecule has 2 aliphatic rings. The molecule has 1 aliphatic carbocycles. The first kappa shape index (κ1) is 18.2. The third-order valence-electron chi connectivity index (χ3n) is 5.29. The molecule has 1 unspecified atom stereocenters. The van der Waals surface area contributed by atoms with Gasteiger partial charge in [-0.2, -0.15) is 0 Å². The molecule has 2 aromatic rings. The zero-order chi connectivity index (χ0) is 18.8. The first-order valence-corrected chi connectivity index (χ1v) is 10.3. The average Bonchev–Trinajstić information content (AvgIpc) is 3.05. The van der Waals surface area contributed by atoms with Crippen LogP contribution in [-0.2, 0) is 17.6 Å². The van der Waals surface area contributed by atoms with Crippen LogP contribution in [0.4, 0.5) is 5.00 Å². The van der Waals surface area contributed by atoms with Gasteiger partial charge in [0.05, 0.1) is 18.8 Å². The number of morpholine rings is 1. The van der Waals surface area contributed by atoms with E-state index in [9.17, 15) is 9.59 Å². The number of thiophene rings is 1. The summed E-state index contributed by atoms with van der Waals surface area (Å²) in [6.07, 6.45) is 2.96. The highest BCUT2D eigenvalue weighted by atomic mass is 32.1. The summed E-state index contributed by atoms with van der Waals surface area (Å²) in [5.41, 5.74) is 2.44. The molecular weight excluding hydrogens is 360 g/mol. The molecule has 0 radical (unpaired) electrons. The van der Waals surface area contributed by atoms with Gasteiger partial charge in [-0.25, -0.2) is 0 Å². The van der Waals surface area contributed by atoms with E-state index in [1.165, 1.54) is 4.88 Å². The summed E-state index contributed by atoms with van der Waals surface area (Å²) in [5.74, 6) is 0.465. The standard InChI is InChI=1S/C21H24N2O3S/c1-14-7-8-16-17(13-14)27-20(22-19(24)15-5-3-2-4-6-15)18(16)21(25)23-9-11-26-12-10-23/h2-6,14H,7-13H2,1H3,(H,22,24). The number of nitrogens with zero attached hydrogens (tertiary/aromatic N) is 1. The zero-order valence-corrected chi connectivity index (χ0v) is 16.3. The van der Waals surface area contributed by atoms with Crippen LogP contribution >= 0.6 is 11.3 Å². The number of hydrogen-bond acceptors (Lipinski definition) is 4. The highest BCUT2D eigenvalue weighted by molar-refractivity contribution is 7.17. The van der Waals surface area contributed by atoms with Crippen molar-refractivity contribution in [3.8, 4) is 0 Å². The van der Waals surface area contributed by atoms with Crippen molar-refractivity contribution in [2.45, 2.75) is 26.2 Å². The lowest BCUT2D eigenvalue weighted by molar-refractivity contribution is 0.0303. The highest BCUT2D eigenvalue weighted by Gasteiger charge is 2.31. The first-order chi connectivity index (χ1) is 13.1. The van der Waals surface area contributed by atoms with Crippen LogP contribution in [0, 0.1) is 5.92 Å². The van der Waals surface area contributed by atoms with E-state index in [4.69, 9.17) is 4.74 Å². The Bertz CT molecular complexity index is 841. The number of amides is 2. The molecule has 1 aromatic carbocycles. The van der Waals surface area contributed by atoms with Gasteiger partial charge in [0.1, 0.15) is 5.00 Å². The molecule has 1 atom stereocenters. The molecule has 1 saturated heterocycles. The lowest BCUT2D eigenvalue weighted by atomic mass is 9.88. The van der Waals surface area contributed by atoms with E-state index in [0.717, 1.165) is 24.8 Å². The van der Waals surface area contributed by atoms with Crippen LogP contribution in [0.5, 0.6) is 0 Å². The summed E-state index contributed by atoms with van der Waals surface area (Å²) in [4.78, 5) is 29.1. The molecule has 2 heterocycles. The minimum atomic E-state index is -0.168. The SMILES string of the molecule is CC1CCc2c(sc(NC(=O)c3ccccc3)c2C(=O)N2CCOCC2)C1. The van der Waals surface area contributed by atoms with Crippen molar-refractivity contribution in [1.29, 1.82) is 0 Å². The van der Waals surface area contributed by atoms with Crippen molar-refractivity contribution in [1.82, 2.24) is 4.90 Å². The van der Waals surface area contributed by atoms with E-state index in [-0.39, 0.29) is 11.8 Å². The number of benzene rings is 1. The predicted molar refractivity (Wildman–Crippen MR) is 107 cm³/mol. The Balaban J connectivity index is 1.67. The number of carbonyl (C=O) groups is 2. The van der Waals surface area contributed by atoms with Gasteiger partial charge < -0.3 is 15.0 Å². The Morgan fingerprint density at radius 1 is 1.19 bits per heavy atom. The third kappa shape index (κ3) is 3.77. The van der Waals surface area contributed by atoms with Crippen LogP contribution in [0.3, 0.4) is 0 Å². The van der Waals surface area contributed by atoms with Gasteiger partial charge in [-0.05, 0) is 42.9 Å². The van der Waals surface area contributed by atoms with Gasteiger partial charge in [0.15, 0.2) is 0 Å². The van der Waals surface area contributed by atoms with Crippen LogP contribution in [0.15, 0.2) is 30.3 Å². The van der Waals surface area contributed by atoms with E-state index < -0.39 is 0 Å². The molecule has 0 spiro atoms. The molecule has 1 aliphatic heterocycles. The lowest BCUT2D eigenvalue weighted by Gasteiger charge is -2.28. The van der Waals surface area contributed by atoms with Gasteiger partial charge >= 0.3 is 0 Å². The highest BCUT2D eigenvalue weighted by Crippen LogP contribution is 2.40. The summed E-state index contributed by atoms with van der Waals surface area (Å²) < 4.78 is 5.39. The Labute approximate surface area is 163 Å². The minimum Gasteiger partial charge on any atom is -0.378 e. The maximum absolute atomic E-state index is 13.3. The molecule has 0 saturated carbocycles. The van der Waals surface area contributed by atoms with Crippen molar-refractivity contribution >= 4 is 28.2 Å². The maximum Gasteiger partial charge on any atom is 0.257 e. The van der Waals surface area contributed by atoms with Gasteiger partial charge in [0.2, 0.25) is 0 Å². The topological polar surface area (TPSA) is 58.6 Å². The summed E-state index contributed by atoms with van der Waals surface area (Å²) in [7, 11) is 0. The smallest absolute Gasteiger partial charge is 0.257 e. The molecule has 1 aromatic heterocycles. The molecule has 0 bridgehead atoms. The molecule has 4 rings (SSSR count). The average molecular weight is 385 g/mol. The Morgan fingerprint density at radius 3 is 2.67 bits per heavy atom. The minimum absolute atomic E-state index is 0.0220. The van der Waals surface area contributed by atoms with E-state index >= 15 is 0 Å². The van der Waals surface area contributed by atoms with E-state index in [0.29, 0.717) is 48.3 Å². The van der Waals surface area contributed by atoms with Crippen molar-refractivity contribution < 1.29 is 14.3 Å². The fourth-order valence-electron chi connectivity index (χ4n) is 3.75. The number of fused-ring (bicyclic) bond motifs is 1. The van der Waals surface area contributed by atoms with Crippen LogP contribution in [0.25, 0.3) is 0 Å². The first-order valence-electron chi connectivity index (χ1n) is 9.51. The van der Waals surface area contributed by atoms with Crippen LogP contribution in [0.2, 0.25) is 0 Å². The molecule has 2 amide bonds. The monoisotopic (exact) mass is 384 g/mol. The Morgan fingerprint density at radius 2 is 1.93 bits per heavy atom. The molecule has 1 fully saturated rings. The maximum atomic E-state index is 13.3. The zero-order valence-electron chi connectivity index (χ0n) is 15.5. The number of anilines is 1. The normalized spacial score (nSPS) is 19.4. The Hall–Kier alpha value is -2.18. The van der Waals surface area contributed by atoms with Crippen LogP contribution < -0.4 is 5.32 Å². The van der Waals surface area contributed by atoms with E-state index in [2.05, 4.69) is 12.2 Å². The summed E-state index contributed by atoms with van der Waals surface area (Å²) >= 11 is 1.57. The van der Waals surface area contributed by atoms with Gasteiger partial charge in [-0.3, -0.25) is 9.59 Å². The summed E-state index contributed by atoms with van der Waals surface area (Å²) in [6, 6.07) is 9.14. The van der Waals surface area contributed by atoms with Crippen molar-refractivity contribution in [3.05, 3.63) is 51.9 Å². The van der Waals surface area contributed by atoms with Crippen molar-refractivity contribution in [2.75, 3.05) is 31.6 Å². The van der Waals surface area contributed by atoms with Gasteiger partial charge in [-0.1, -0.05) is 25.1 Å². The second-order valence-corrected chi connectivity index (χ2v) is 8.39. The van der Waals surface area contributed by atoms with Gasteiger partial charge in [0.25, 0.3) is 11.8 Å². The van der Waals surface area contributed by atoms with E-state index in [1.54, 1.807) is 23.5 Å².